The van der Waals surface area contributed by atoms with Gasteiger partial charge >= 0.3 is 0 Å². The summed E-state index contributed by atoms with van der Waals surface area (Å²) in [4.78, 5) is 0. The van der Waals surface area contributed by atoms with Gasteiger partial charge in [0.2, 0.25) is 5.69 Å². The molecule has 1 aromatic heterocycles. The van der Waals surface area contributed by atoms with Gasteiger partial charge in [-0.15, -0.1) is 0 Å². The molecule has 168 valence electrons. The molecule has 4 aromatic rings. The van der Waals surface area contributed by atoms with Crippen LogP contribution in [0.3, 0.4) is 0 Å². The van der Waals surface area contributed by atoms with E-state index < -0.39 is 0 Å². The van der Waals surface area contributed by atoms with E-state index in [1.807, 2.05) is 0 Å². The molecular formula is C31H34NO+. The van der Waals surface area contributed by atoms with Crippen LogP contribution in [0.15, 0.2) is 48.7 Å². The van der Waals surface area contributed by atoms with Gasteiger partial charge in [0.25, 0.3) is 0 Å². The van der Waals surface area contributed by atoms with Crippen molar-refractivity contribution in [2.75, 3.05) is 0 Å². The zero-order valence-electron chi connectivity index (χ0n) is 20.6. The number of rotatable bonds is 2. The molecule has 1 fully saturated rings. The average molecular weight is 437 g/mol. The Labute approximate surface area is 197 Å². The molecule has 0 N–H and O–H groups in total. The van der Waals surface area contributed by atoms with Gasteiger partial charge in [0.1, 0.15) is 18.5 Å². The van der Waals surface area contributed by atoms with Gasteiger partial charge in [-0.2, -0.15) is 0 Å². The first kappa shape index (κ1) is 20.7. The summed E-state index contributed by atoms with van der Waals surface area (Å²) < 4.78 is 9.23. The second-order valence-electron chi connectivity index (χ2n) is 11.3. The van der Waals surface area contributed by atoms with Gasteiger partial charge in [0.15, 0.2) is 6.20 Å². The lowest BCUT2D eigenvalue weighted by Gasteiger charge is -2.30. The molecule has 0 amide bonds. The maximum Gasteiger partial charge on any atom is 0.228 e. The third-order valence-corrected chi connectivity index (χ3v) is 7.89. The summed E-state index contributed by atoms with van der Waals surface area (Å²) in [6, 6.07) is 15.8. The van der Waals surface area contributed by atoms with Gasteiger partial charge < -0.3 is 4.74 Å². The Morgan fingerprint density at radius 1 is 1.00 bits per heavy atom. The minimum absolute atomic E-state index is 0.0389. The van der Waals surface area contributed by atoms with Crippen LogP contribution >= 0.6 is 0 Å². The molecule has 6 rings (SSSR count). The van der Waals surface area contributed by atoms with Crippen molar-refractivity contribution >= 4 is 21.5 Å². The van der Waals surface area contributed by atoms with E-state index in [0.29, 0.717) is 0 Å². The average Bonchev–Trinajstić information content (AvgIpc) is 3.28. The topological polar surface area (TPSA) is 13.1 Å². The molecule has 0 spiro atoms. The van der Waals surface area contributed by atoms with Crippen molar-refractivity contribution in [1.82, 2.24) is 0 Å². The third kappa shape index (κ3) is 3.18. The molecule has 2 nitrogen and oxygen atoms in total. The van der Waals surface area contributed by atoms with Crippen molar-refractivity contribution in [3.63, 3.8) is 0 Å². The quantitative estimate of drug-likeness (QED) is 0.256. The van der Waals surface area contributed by atoms with Crippen molar-refractivity contribution in [3.05, 3.63) is 65.4 Å². The summed E-state index contributed by atoms with van der Waals surface area (Å²) in [5.74, 6) is 2.90. The number of nitrogens with zero attached hydrogens (tertiary/aromatic N) is 1. The fourth-order valence-corrected chi connectivity index (χ4v) is 6.39. The lowest BCUT2D eigenvalue weighted by Crippen LogP contribution is -2.32. The largest absolute Gasteiger partial charge is 0.455 e. The smallest absolute Gasteiger partial charge is 0.228 e. The molecule has 0 bridgehead atoms. The van der Waals surface area contributed by atoms with Crippen LogP contribution in [-0.4, -0.2) is 0 Å². The molecular weight excluding hydrogens is 402 g/mol. The highest BCUT2D eigenvalue weighted by Gasteiger charge is 2.36. The van der Waals surface area contributed by atoms with Crippen LogP contribution in [0.4, 0.5) is 0 Å². The number of ether oxygens (including phenoxy) is 1. The first-order valence-electron chi connectivity index (χ1n) is 12.5. The monoisotopic (exact) mass is 436 g/mol. The fraction of sp³-hybridized carbons (Fsp3) is 0.387. The van der Waals surface area contributed by atoms with E-state index in [2.05, 4.69) is 88.0 Å². The normalized spacial score (nSPS) is 15.8. The summed E-state index contributed by atoms with van der Waals surface area (Å²) >= 11 is 0. The van der Waals surface area contributed by atoms with Gasteiger partial charge in [0, 0.05) is 11.6 Å². The highest BCUT2D eigenvalue weighted by molar-refractivity contribution is 6.07. The lowest BCUT2D eigenvalue weighted by molar-refractivity contribution is -0.659. The van der Waals surface area contributed by atoms with Crippen molar-refractivity contribution in [3.8, 4) is 22.8 Å². The number of aryl methyl sites for hydroxylation is 2. The molecule has 1 aliphatic heterocycles. The van der Waals surface area contributed by atoms with Crippen molar-refractivity contribution in [2.45, 2.75) is 65.2 Å². The summed E-state index contributed by atoms with van der Waals surface area (Å²) in [6.07, 6.45) is 8.89. The van der Waals surface area contributed by atoms with Crippen molar-refractivity contribution < 1.29 is 9.30 Å². The molecule has 33 heavy (non-hydrogen) atoms. The molecule has 0 radical (unpaired) electrons. The van der Waals surface area contributed by atoms with E-state index in [-0.39, 0.29) is 5.41 Å². The van der Waals surface area contributed by atoms with Crippen LogP contribution in [0.25, 0.3) is 32.8 Å². The van der Waals surface area contributed by atoms with E-state index >= 15 is 0 Å². The lowest BCUT2D eigenvalue weighted by atomic mass is 9.78. The number of benzene rings is 3. The summed E-state index contributed by atoms with van der Waals surface area (Å²) in [6.45, 7) is 9.18. The third-order valence-electron chi connectivity index (χ3n) is 7.89. The van der Waals surface area contributed by atoms with Crippen molar-refractivity contribution in [1.29, 1.82) is 0 Å². The molecule has 2 aliphatic rings. The first-order chi connectivity index (χ1) is 15.8. The van der Waals surface area contributed by atoms with E-state index in [1.54, 1.807) is 0 Å². The van der Waals surface area contributed by atoms with Crippen LogP contribution in [0.5, 0.6) is 11.5 Å². The zero-order valence-corrected chi connectivity index (χ0v) is 20.6. The Balaban J connectivity index is 1.68. The van der Waals surface area contributed by atoms with Gasteiger partial charge in [0.05, 0.1) is 10.9 Å². The van der Waals surface area contributed by atoms with Gasteiger partial charge in [-0.25, -0.2) is 4.57 Å². The number of aromatic nitrogens is 1. The number of fused-ring (bicyclic) bond motifs is 3. The van der Waals surface area contributed by atoms with Gasteiger partial charge in [-0.1, -0.05) is 76.8 Å². The molecule has 1 saturated carbocycles. The summed E-state index contributed by atoms with van der Waals surface area (Å²) in [5.41, 5.74) is 6.53. The summed E-state index contributed by atoms with van der Waals surface area (Å²) in [7, 11) is 2.17. The molecule has 0 atom stereocenters. The van der Waals surface area contributed by atoms with Gasteiger partial charge in [-0.3, -0.25) is 0 Å². The highest BCUT2D eigenvalue weighted by atomic mass is 16.5. The Morgan fingerprint density at radius 2 is 1.73 bits per heavy atom. The Kier molecular flexibility index (Phi) is 4.59. The molecule has 0 unspecified atom stereocenters. The van der Waals surface area contributed by atoms with Crippen LogP contribution in [-0.2, 0) is 18.9 Å². The van der Waals surface area contributed by atoms with Crippen LogP contribution < -0.4 is 9.30 Å². The Morgan fingerprint density at radius 3 is 2.45 bits per heavy atom. The zero-order chi connectivity index (χ0) is 22.9. The molecule has 1 aliphatic carbocycles. The molecule has 2 heterocycles. The van der Waals surface area contributed by atoms with Gasteiger partial charge in [-0.05, 0) is 58.0 Å². The molecule has 0 saturated heterocycles. The second kappa shape index (κ2) is 7.32. The van der Waals surface area contributed by atoms with Crippen molar-refractivity contribution in [2.24, 2.45) is 13.0 Å². The highest BCUT2D eigenvalue weighted by Crippen LogP contribution is 2.53. The van der Waals surface area contributed by atoms with Crippen LogP contribution in [0.2, 0.25) is 0 Å². The Hall–Kier alpha value is -2.87. The minimum atomic E-state index is -0.0389. The van der Waals surface area contributed by atoms with E-state index in [9.17, 15) is 0 Å². The molecule has 3 aromatic carbocycles. The standard InChI is InChI=1S/C31H34NO/c1-19-23-12-8-9-13-24(23)28(31(2,3)4)30-26(19)29-27-22(14-15-32(29)5)17-21(18-25(27)33-30)16-20-10-6-7-11-20/h8-9,12-15,17-18,20H,6-7,10-11,16H2,1-5H3/q+1. The maximum absolute atomic E-state index is 6.94. The predicted octanol–water partition coefficient (Wildman–Crippen LogP) is 7.93. The summed E-state index contributed by atoms with van der Waals surface area (Å²) in [5, 5.41) is 5.18. The number of hydrogen-bond donors (Lipinski definition) is 0. The van der Waals surface area contributed by atoms with Crippen LogP contribution in [0, 0.1) is 12.8 Å². The SMILES string of the molecule is Cc1c2c(c(C(C)(C)C)c3ccccc13)Oc1cc(CC3CCCC3)cc3cc[n+](C)c-2c13. The predicted molar refractivity (Wildman–Crippen MR) is 137 cm³/mol. The molecule has 2 heteroatoms. The van der Waals surface area contributed by atoms with E-state index in [4.69, 9.17) is 4.74 Å². The van der Waals surface area contributed by atoms with Crippen LogP contribution in [0.1, 0.15) is 63.1 Å². The second-order valence-corrected chi connectivity index (χ2v) is 11.3. The van der Waals surface area contributed by atoms with E-state index in [0.717, 1.165) is 17.4 Å². The minimum Gasteiger partial charge on any atom is -0.455 e. The first-order valence-corrected chi connectivity index (χ1v) is 12.5. The fourth-order valence-electron chi connectivity index (χ4n) is 6.39. The Bertz CT molecular complexity index is 1420. The number of pyridine rings is 1. The number of hydrogen-bond acceptors (Lipinski definition) is 1. The maximum atomic E-state index is 6.94. The van der Waals surface area contributed by atoms with E-state index in [1.165, 1.54) is 81.6 Å².